The number of hydrogen-bond donors (Lipinski definition) is 0. The van der Waals surface area contributed by atoms with E-state index in [2.05, 4.69) is 0 Å². The van der Waals surface area contributed by atoms with Gasteiger partial charge in [-0.2, -0.15) is 0 Å². The largest absolute Gasteiger partial charge is 0.330 e. The van der Waals surface area contributed by atoms with Crippen LogP contribution in [0.3, 0.4) is 0 Å². The van der Waals surface area contributed by atoms with Crippen molar-refractivity contribution in [3.8, 4) is 0 Å². The second kappa shape index (κ2) is 5.76. The zero-order chi connectivity index (χ0) is 8.74. The van der Waals surface area contributed by atoms with Crippen LogP contribution in [0.5, 0.6) is 0 Å². The average Bonchev–Trinajstić information content (AvgIpc) is 1.88. The van der Waals surface area contributed by atoms with Crippen molar-refractivity contribution in [1.82, 2.24) is 0 Å². The first-order valence-corrected chi connectivity index (χ1v) is 5.79. The number of hydrogen-bond acceptors (Lipinski definition) is 3. The molecule has 68 valence electrons. The van der Waals surface area contributed by atoms with Crippen molar-refractivity contribution in [1.29, 1.82) is 0 Å². The summed E-state index contributed by atoms with van der Waals surface area (Å²) in [7, 11) is -2.72. The van der Waals surface area contributed by atoms with E-state index in [4.69, 9.17) is 9.05 Å². The van der Waals surface area contributed by atoms with Gasteiger partial charge in [-0.05, 0) is 20.3 Å². The van der Waals surface area contributed by atoms with E-state index in [9.17, 15) is 4.57 Å². The average molecular weight is 180 g/mol. The van der Waals surface area contributed by atoms with Gasteiger partial charge in [0.05, 0.1) is 13.2 Å². The summed E-state index contributed by atoms with van der Waals surface area (Å²) in [6, 6.07) is 0. The van der Waals surface area contributed by atoms with Gasteiger partial charge in [-0.3, -0.25) is 4.57 Å². The van der Waals surface area contributed by atoms with Crippen LogP contribution < -0.4 is 0 Å². The molecule has 0 unspecified atom stereocenters. The lowest BCUT2D eigenvalue weighted by atomic mass is 10.6. The maximum absolute atomic E-state index is 11.6. The molecule has 4 heteroatoms. The van der Waals surface area contributed by atoms with E-state index in [1.54, 1.807) is 0 Å². The van der Waals surface area contributed by atoms with E-state index in [1.165, 1.54) is 0 Å². The van der Waals surface area contributed by atoms with E-state index >= 15 is 0 Å². The fourth-order valence-electron chi connectivity index (χ4n) is 0.834. The quantitative estimate of drug-likeness (QED) is 0.589. The molecule has 0 aromatic heterocycles. The van der Waals surface area contributed by atoms with Gasteiger partial charge in [0.15, 0.2) is 0 Å². The molecular formula is C7H17O3P. The normalized spacial score (nSPS) is 11.9. The molecule has 0 aromatic carbocycles. The fraction of sp³-hybridized carbons (Fsp3) is 1.00. The lowest BCUT2D eigenvalue weighted by Gasteiger charge is -2.15. The van der Waals surface area contributed by atoms with Gasteiger partial charge in [-0.1, -0.05) is 6.92 Å². The molecule has 0 amide bonds. The van der Waals surface area contributed by atoms with Gasteiger partial charge in [-0.15, -0.1) is 0 Å². The van der Waals surface area contributed by atoms with Crippen molar-refractivity contribution >= 4 is 7.60 Å². The fourth-order valence-corrected chi connectivity index (χ4v) is 2.50. The first-order chi connectivity index (χ1) is 5.18. The molecule has 0 saturated carbocycles. The summed E-state index contributed by atoms with van der Waals surface area (Å²) in [5.41, 5.74) is 0. The van der Waals surface area contributed by atoms with Crippen LogP contribution in [-0.4, -0.2) is 19.4 Å². The Morgan fingerprint density at radius 1 is 1.09 bits per heavy atom. The highest BCUT2D eigenvalue weighted by atomic mass is 31.2. The molecule has 0 rings (SSSR count). The lowest BCUT2D eigenvalue weighted by molar-refractivity contribution is 0.220. The predicted molar refractivity (Wildman–Crippen MR) is 46.0 cm³/mol. The van der Waals surface area contributed by atoms with Gasteiger partial charge in [-0.25, -0.2) is 0 Å². The minimum absolute atomic E-state index is 0.456. The van der Waals surface area contributed by atoms with Crippen molar-refractivity contribution in [2.24, 2.45) is 0 Å². The second-order valence-electron chi connectivity index (χ2n) is 2.17. The van der Waals surface area contributed by atoms with Crippen molar-refractivity contribution in [2.45, 2.75) is 27.2 Å². The molecule has 0 aliphatic rings. The maximum Gasteiger partial charge on any atom is 0.330 e. The molecule has 0 aliphatic heterocycles. The van der Waals surface area contributed by atoms with Gasteiger partial charge in [0, 0.05) is 6.16 Å². The van der Waals surface area contributed by atoms with Crippen LogP contribution >= 0.6 is 7.60 Å². The Morgan fingerprint density at radius 3 is 1.82 bits per heavy atom. The van der Waals surface area contributed by atoms with E-state index < -0.39 is 7.60 Å². The Hall–Kier alpha value is 0.150. The minimum atomic E-state index is -2.72. The SMILES string of the molecule is CCCP(=O)(OCC)OCC. The van der Waals surface area contributed by atoms with Crippen LogP contribution in [0.15, 0.2) is 0 Å². The van der Waals surface area contributed by atoms with Crippen LogP contribution in [-0.2, 0) is 13.6 Å². The molecule has 0 radical (unpaired) electrons. The molecule has 0 aliphatic carbocycles. The van der Waals surface area contributed by atoms with Gasteiger partial charge in [0.25, 0.3) is 0 Å². The van der Waals surface area contributed by atoms with Crippen LogP contribution in [0.2, 0.25) is 0 Å². The lowest BCUT2D eigenvalue weighted by Crippen LogP contribution is -1.98. The zero-order valence-electron chi connectivity index (χ0n) is 7.50. The van der Waals surface area contributed by atoms with Crippen LogP contribution in [0.4, 0.5) is 0 Å². The molecule has 0 saturated heterocycles. The highest BCUT2D eigenvalue weighted by molar-refractivity contribution is 7.53. The van der Waals surface area contributed by atoms with Crippen LogP contribution in [0.1, 0.15) is 27.2 Å². The van der Waals surface area contributed by atoms with E-state index in [-0.39, 0.29) is 0 Å². The molecule has 0 fully saturated rings. The van der Waals surface area contributed by atoms with Crippen molar-refractivity contribution < 1.29 is 13.6 Å². The Balaban J connectivity index is 3.91. The predicted octanol–water partition coefficient (Wildman–Crippen LogP) is 2.66. The highest BCUT2D eigenvalue weighted by Crippen LogP contribution is 2.48. The monoisotopic (exact) mass is 180 g/mol. The van der Waals surface area contributed by atoms with E-state index in [0.29, 0.717) is 19.4 Å². The molecule has 0 aromatic rings. The minimum Gasteiger partial charge on any atom is -0.309 e. The summed E-state index contributed by atoms with van der Waals surface area (Å²) < 4.78 is 21.7. The van der Waals surface area contributed by atoms with Gasteiger partial charge >= 0.3 is 7.60 Å². The Labute approximate surface area is 68.6 Å². The Bertz CT molecular complexity index is 112. The first kappa shape index (κ1) is 11.2. The third-order valence-electron chi connectivity index (χ3n) is 1.15. The van der Waals surface area contributed by atoms with E-state index in [1.807, 2.05) is 20.8 Å². The summed E-state index contributed by atoms with van der Waals surface area (Å²) in [6.07, 6.45) is 1.35. The standard InChI is InChI=1S/C7H17O3P/c1-4-7-11(8,9-5-2)10-6-3/h4-7H2,1-3H3. The van der Waals surface area contributed by atoms with Crippen molar-refractivity contribution in [3.05, 3.63) is 0 Å². The number of rotatable bonds is 6. The van der Waals surface area contributed by atoms with Crippen molar-refractivity contribution in [2.75, 3.05) is 19.4 Å². The van der Waals surface area contributed by atoms with Gasteiger partial charge in [0.2, 0.25) is 0 Å². The Morgan fingerprint density at radius 2 is 1.55 bits per heavy atom. The summed E-state index contributed by atoms with van der Waals surface area (Å²) in [5.74, 6) is 0. The zero-order valence-corrected chi connectivity index (χ0v) is 8.39. The molecule has 3 nitrogen and oxygen atoms in total. The Kier molecular flexibility index (Phi) is 5.83. The molecule has 0 atom stereocenters. The molecule has 0 bridgehead atoms. The van der Waals surface area contributed by atoms with Crippen molar-refractivity contribution in [3.63, 3.8) is 0 Å². The highest BCUT2D eigenvalue weighted by Gasteiger charge is 2.21. The first-order valence-electron chi connectivity index (χ1n) is 4.06. The molecule has 0 N–H and O–H groups in total. The third-order valence-corrected chi connectivity index (χ3v) is 3.45. The molecular weight excluding hydrogens is 163 g/mol. The smallest absolute Gasteiger partial charge is 0.309 e. The van der Waals surface area contributed by atoms with E-state index in [0.717, 1.165) is 6.42 Å². The third kappa shape index (κ3) is 4.57. The topological polar surface area (TPSA) is 35.5 Å². The molecule has 11 heavy (non-hydrogen) atoms. The summed E-state index contributed by atoms with van der Waals surface area (Å²) >= 11 is 0. The summed E-state index contributed by atoms with van der Waals surface area (Å²) in [5, 5.41) is 0. The summed E-state index contributed by atoms with van der Waals surface area (Å²) in [6.45, 7) is 6.52. The second-order valence-corrected chi connectivity index (χ2v) is 4.36. The van der Waals surface area contributed by atoms with Gasteiger partial charge in [0.1, 0.15) is 0 Å². The van der Waals surface area contributed by atoms with Gasteiger partial charge < -0.3 is 9.05 Å². The maximum atomic E-state index is 11.6. The molecule has 0 spiro atoms. The van der Waals surface area contributed by atoms with Crippen LogP contribution in [0, 0.1) is 0 Å². The molecule has 0 heterocycles. The summed E-state index contributed by atoms with van der Waals surface area (Å²) in [4.78, 5) is 0. The van der Waals surface area contributed by atoms with Crippen LogP contribution in [0.25, 0.3) is 0 Å².